The second-order valence-corrected chi connectivity index (χ2v) is 8.03. The zero-order chi connectivity index (χ0) is 16.1. The molecule has 0 radical (unpaired) electrons. The van der Waals surface area contributed by atoms with E-state index in [0.717, 1.165) is 11.3 Å². The zero-order valence-electron chi connectivity index (χ0n) is 12.7. The van der Waals surface area contributed by atoms with Gasteiger partial charge in [-0.3, -0.25) is 0 Å². The maximum Gasteiger partial charge on any atom is 0.236 e. The lowest BCUT2D eigenvalue weighted by Crippen LogP contribution is -2.40. The molecule has 6 heteroatoms. The molecular formula is C17H19NO3S2. The zero-order valence-corrected chi connectivity index (χ0v) is 14.3. The lowest BCUT2D eigenvalue weighted by Gasteiger charge is -2.30. The lowest BCUT2D eigenvalue weighted by molar-refractivity contribution is 0.136. The molecule has 1 aliphatic rings. The minimum absolute atomic E-state index is 0.0918. The first-order chi connectivity index (χ1) is 11.1. The van der Waals surface area contributed by atoms with Gasteiger partial charge in [0.05, 0.1) is 0 Å². The molecule has 0 amide bonds. The summed E-state index contributed by atoms with van der Waals surface area (Å²) in [5, 5.41) is 5.23. The van der Waals surface area contributed by atoms with Crippen molar-refractivity contribution in [3.63, 3.8) is 0 Å². The van der Waals surface area contributed by atoms with Gasteiger partial charge in [0.25, 0.3) is 0 Å². The third-order valence-electron chi connectivity index (χ3n) is 3.79. The van der Waals surface area contributed by atoms with Crippen molar-refractivity contribution in [2.75, 3.05) is 13.1 Å². The Morgan fingerprint density at radius 3 is 2.52 bits per heavy atom. The van der Waals surface area contributed by atoms with Crippen molar-refractivity contribution in [2.24, 2.45) is 0 Å². The Hall–Kier alpha value is -1.63. The van der Waals surface area contributed by atoms with Crippen molar-refractivity contribution in [2.45, 2.75) is 18.9 Å². The Bertz CT molecular complexity index is 731. The van der Waals surface area contributed by atoms with Crippen LogP contribution in [0.2, 0.25) is 0 Å². The van der Waals surface area contributed by atoms with Gasteiger partial charge in [0.1, 0.15) is 11.9 Å². The van der Waals surface area contributed by atoms with Gasteiger partial charge in [-0.15, -0.1) is 11.3 Å². The third-order valence-corrected chi connectivity index (χ3v) is 6.02. The van der Waals surface area contributed by atoms with Gasteiger partial charge in [-0.25, -0.2) is 8.42 Å². The van der Waals surface area contributed by atoms with Gasteiger partial charge >= 0.3 is 0 Å². The van der Waals surface area contributed by atoms with Crippen molar-refractivity contribution in [3.8, 4) is 5.75 Å². The number of rotatable bonds is 5. The molecule has 1 aliphatic heterocycles. The fraction of sp³-hybridized carbons (Fsp3) is 0.294. The van der Waals surface area contributed by atoms with E-state index in [0.29, 0.717) is 25.9 Å². The predicted octanol–water partition coefficient (Wildman–Crippen LogP) is 3.59. The molecule has 0 N–H and O–H groups in total. The van der Waals surface area contributed by atoms with E-state index in [4.69, 9.17) is 4.74 Å². The summed E-state index contributed by atoms with van der Waals surface area (Å²) in [6, 6.07) is 11.4. The Kier molecular flexibility index (Phi) is 5.15. The van der Waals surface area contributed by atoms with Crippen LogP contribution in [-0.4, -0.2) is 31.9 Å². The van der Waals surface area contributed by atoms with Crippen molar-refractivity contribution >= 4 is 27.4 Å². The van der Waals surface area contributed by atoms with Crippen molar-refractivity contribution in [1.29, 1.82) is 0 Å². The molecule has 0 atom stereocenters. The second kappa shape index (κ2) is 7.29. The highest BCUT2D eigenvalue weighted by atomic mass is 32.2. The van der Waals surface area contributed by atoms with Crippen LogP contribution in [0.3, 0.4) is 0 Å². The Morgan fingerprint density at radius 2 is 1.87 bits per heavy atom. The molecule has 0 saturated carbocycles. The molecule has 1 aromatic carbocycles. The minimum Gasteiger partial charge on any atom is -0.489 e. The smallest absolute Gasteiger partial charge is 0.236 e. The fourth-order valence-corrected chi connectivity index (χ4v) is 4.31. The van der Waals surface area contributed by atoms with E-state index in [1.54, 1.807) is 17.4 Å². The van der Waals surface area contributed by atoms with Crippen molar-refractivity contribution < 1.29 is 13.2 Å². The van der Waals surface area contributed by atoms with Crippen LogP contribution >= 0.6 is 11.3 Å². The third kappa shape index (κ3) is 4.43. The summed E-state index contributed by atoms with van der Waals surface area (Å²) in [5.74, 6) is 0.875. The summed E-state index contributed by atoms with van der Waals surface area (Å²) in [6.07, 6.45) is 3.17. The Labute approximate surface area is 141 Å². The summed E-state index contributed by atoms with van der Waals surface area (Å²) < 4.78 is 32.1. The van der Waals surface area contributed by atoms with Crippen LogP contribution in [-0.2, 0) is 10.0 Å². The Morgan fingerprint density at radius 1 is 1.13 bits per heavy atom. The van der Waals surface area contributed by atoms with Gasteiger partial charge in [-0.2, -0.15) is 4.31 Å². The monoisotopic (exact) mass is 349 g/mol. The van der Waals surface area contributed by atoms with Gasteiger partial charge in [-0.1, -0.05) is 30.3 Å². The highest BCUT2D eigenvalue weighted by Gasteiger charge is 2.27. The van der Waals surface area contributed by atoms with E-state index in [1.807, 2.05) is 47.2 Å². The van der Waals surface area contributed by atoms with Crippen LogP contribution in [0.1, 0.15) is 18.4 Å². The summed E-state index contributed by atoms with van der Waals surface area (Å²) in [5.41, 5.74) is 0.881. The molecule has 122 valence electrons. The average molecular weight is 349 g/mol. The highest BCUT2D eigenvalue weighted by Crippen LogP contribution is 2.23. The number of hydrogen-bond donors (Lipinski definition) is 0. The molecule has 0 unspecified atom stereocenters. The molecule has 0 aliphatic carbocycles. The molecule has 1 saturated heterocycles. The predicted molar refractivity (Wildman–Crippen MR) is 93.9 cm³/mol. The fourth-order valence-electron chi connectivity index (χ4n) is 2.53. The van der Waals surface area contributed by atoms with E-state index in [9.17, 15) is 8.42 Å². The molecule has 1 aromatic heterocycles. The van der Waals surface area contributed by atoms with Crippen LogP contribution in [0.15, 0.2) is 52.6 Å². The summed E-state index contributed by atoms with van der Waals surface area (Å²) in [7, 11) is -3.37. The molecule has 1 fully saturated rings. The first-order valence-electron chi connectivity index (χ1n) is 7.56. The summed E-state index contributed by atoms with van der Waals surface area (Å²) in [6.45, 7) is 0.993. The molecule has 0 bridgehead atoms. The number of piperidine rings is 1. The number of sulfonamides is 1. The maximum absolute atomic E-state index is 12.4. The quantitative estimate of drug-likeness (QED) is 0.829. The normalized spacial score (nSPS) is 17.6. The second-order valence-electron chi connectivity index (χ2n) is 5.43. The van der Waals surface area contributed by atoms with Gasteiger partial charge < -0.3 is 4.74 Å². The number of nitrogens with zero attached hydrogens (tertiary/aromatic N) is 1. The lowest BCUT2D eigenvalue weighted by atomic mass is 10.1. The Balaban J connectivity index is 1.57. The minimum atomic E-state index is -3.37. The number of thiophene rings is 1. The maximum atomic E-state index is 12.4. The largest absolute Gasteiger partial charge is 0.489 e. The summed E-state index contributed by atoms with van der Waals surface area (Å²) in [4.78, 5) is 0. The molecule has 0 spiro atoms. The number of ether oxygens (including phenoxy) is 1. The molecular weight excluding hydrogens is 330 g/mol. The van der Waals surface area contributed by atoms with Crippen LogP contribution < -0.4 is 4.74 Å². The van der Waals surface area contributed by atoms with Crippen LogP contribution in [0.25, 0.3) is 6.08 Å². The van der Waals surface area contributed by atoms with E-state index < -0.39 is 10.0 Å². The molecule has 2 heterocycles. The van der Waals surface area contributed by atoms with Crippen molar-refractivity contribution in [1.82, 2.24) is 4.31 Å². The van der Waals surface area contributed by atoms with Gasteiger partial charge in [0.15, 0.2) is 0 Å². The van der Waals surface area contributed by atoms with Crippen molar-refractivity contribution in [3.05, 3.63) is 58.1 Å². The van der Waals surface area contributed by atoms with Crippen LogP contribution in [0, 0.1) is 0 Å². The molecule has 3 rings (SSSR count). The highest BCUT2D eigenvalue weighted by molar-refractivity contribution is 7.92. The summed E-state index contributed by atoms with van der Waals surface area (Å²) >= 11 is 1.60. The van der Waals surface area contributed by atoms with E-state index in [-0.39, 0.29) is 6.10 Å². The average Bonchev–Trinajstić information content (AvgIpc) is 3.08. The number of hydrogen-bond acceptors (Lipinski definition) is 4. The standard InChI is InChI=1S/C17H19NO3S2/c19-23(20,13-9-15-4-2-1-3-5-15)18-10-6-16(7-11-18)21-17-8-12-22-14-17/h1-5,8-9,12-14,16H,6-7,10-11H2. The van der Waals surface area contributed by atoms with E-state index in [2.05, 4.69) is 0 Å². The molecule has 4 nitrogen and oxygen atoms in total. The molecule has 2 aromatic rings. The topological polar surface area (TPSA) is 46.6 Å². The molecule has 23 heavy (non-hydrogen) atoms. The van der Waals surface area contributed by atoms with Gasteiger partial charge in [-0.05, 0) is 35.9 Å². The number of benzene rings is 1. The van der Waals surface area contributed by atoms with Gasteiger partial charge in [0, 0.05) is 23.9 Å². The van der Waals surface area contributed by atoms with Crippen LogP contribution in [0.4, 0.5) is 0 Å². The first kappa shape index (κ1) is 16.2. The first-order valence-corrected chi connectivity index (χ1v) is 10.0. The van der Waals surface area contributed by atoms with Crippen LogP contribution in [0.5, 0.6) is 5.75 Å². The van der Waals surface area contributed by atoms with E-state index in [1.165, 1.54) is 9.71 Å². The van der Waals surface area contributed by atoms with E-state index >= 15 is 0 Å². The van der Waals surface area contributed by atoms with Gasteiger partial charge in [0.2, 0.25) is 10.0 Å². The SMILES string of the molecule is O=S(=O)(C=Cc1ccccc1)N1CCC(Oc2ccsc2)CC1.